The highest BCUT2D eigenvalue weighted by molar-refractivity contribution is 7.13. The minimum absolute atomic E-state index is 0.0532. The first-order chi connectivity index (χ1) is 14.2. The standard InChI is InChI=1S/C23H19ClN2O3S/c1-23(2,22(28)29)11-18(27)10-17-13-30-21(26-17)19-7-6-16(24)9-20(19)15-5-3-4-14(8-15)12-25/h3-9,13H,10-11H2,1-2H3,(H,28,29). The maximum Gasteiger partial charge on any atom is 0.309 e. The Hall–Kier alpha value is -3.01. The Morgan fingerprint density at radius 1 is 1.20 bits per heavy atom. The van der Waals surface area contributed by atoms with E-state index in [1.54, 1.807) is 18.2 Å². The van der Waals surface area contributed by atoms with Crippen molar-refractivity contribution in [2.45, 2.75) is 26.7 Å². The van der Waals surface area contributed by atoms with Crippen LogP contribution < -0.4 is 0 Å². The summed E-state index contributed by atoms with van der Waals surface area (Å²) in [6.07, 6.45) is 0.0301. The highest BCUT2D eigenvalue weighted by Crippen LogP contribution is 2.36. The van der Waals surface area contributed by atoms with Crippen molar-refractivity contribution in [2.24, 2.45) is 5.41 Å². The Balaban J connectivity index is 1.90. The second-order valence-corrected chi connectivity index (χ2v) is 8.90. The van der Waals surface area contributed by atoms with Crippen molar-refractivity contribution in [1.82, 2.24) is 4.98 Å². The molecule has 0 atom stereocenters. The number of carboxylic acids is 1. The van der Waals surface area contributed by atoms with Gasteiger partial charge in [-0.3, -0.25) is 9.59 Å². The minimum atomic E-state index is -1.11. The monoisotopic (exact) mass is 438 g/mol. The van der Waals surface area contributed by atoms with E-state index < -0.39 is 11.4 Å². The first-order valence-electron chi connectivity index (χ1n) is 9.19. The molecule has 0 aliphatic carbocycles. The molecular weight excluding hydrogens is 420 g/mol. The van der Waals surface area contributed by atoms with Gasteiger partial charge in [0.2, 0.25) is 0 Å². The van der Waals surface area contributed by atoms with Gasteiger partial charge in [0.25, 0.3) is 0 Å². The molecule has 1 heterocycles. The maximum atomic E-state index is 12.3. The quantitative estimate of drug-likeness (QED) is 0.517. The fourth-order valence-corrected chi connectivity index (χ4v) is 4.07. The molecule has 7 heteroatoms. The third-order valence-electron chi connectivity index (χ3n) is 4.66. The summed E-state index contributed by atoms with van der Waals surface area (Å²) in [7, 11) is 0. The third-order valence-corrected chi connectivity index (χ3v) is 5.82. The van der Waals surface area contributed by atoms with Crippen LogP contribution in [0.3, 0.4) is 0 Å². The predicted octanol–water partition coefficient (Wildman–Crippen LogP) is 5.61. The zero-order chi connectivity index (χ0) is 21.9. The first-order valence-corrected chi connectivity index (χ1v) is 10.5. The number of Topliss-reactive ketones (excluding diaryl/α,β-unsaturated/α-hetero) is 1. The van der Waals surface area contributed by atoms with Crippen LogP contribution >= 0.6 is 22.9 Å². The molecule has 1 aromatic heterocycles. The van der Waals surface area contributed by atoms with Gasteiger partial charge in [-0.1, -0.05) is 23.7 Å². The number of carbonyl (C=O) groups is 2. The van der Waals surface area contributed by atoms with Gasteiger partial charge in [0.05, 0.1) is 22.7 Å². The number of hydrogen-bond acceptors (Lipinski definition) is 5. The van der Waals surface area contributed by atoms with Gasteiger partial charge in [0.15, 0.2) is 0 Å². The van der Waals surface area contributed by atoms with E-state index >= 15 is 0 Å². The van der Waals surface area contributed by atoms with Crippen LogP contribution in [0.15, 0.2) is 47.8 Å². The van der Waals surface area contributed by atoms with Crippen LogP contribution in [0.1, 0.15) is 31.5 Å². The maximum absolute atomic E-state index is 12.3. The molecule has 5 nitrogen and oxygen atoms in total. The molecule has 30 heavy (non-hydrogen) atoms. The highest BCUT2D eigenvalue weighted by Gasteiger charge is 2.30. The molecule has 1 N–H and O–H groups in total. The molecule has 0 saturated carbocycles. The van der Waals surface area contributed by atoms with Crippen molar-refractivity contribution in [3.05, 3.63) is 64.1 Å². The predicted molar refractivity (Wildman–Crippen MR) is 117 cm³/mol. The number of carboxylic acid groups (broad SMARTS) is 1. The van der Waals surface area contributed by atoms with E-state index in [-0.39, 0.29) is 18.6 Å². The van der Waals surface area contributed by atoms with Crippen molar-refractivity contribution >= 4 is 34.7 Å². The molecular formula is C23H19ClN2O3S. The summed E-state index contributed by atoms with van der Waals surface area (Å²) < 4.78 is 0. The third kappa shape index (κ3) is 4.93. The molecule has 0 aliphatic rings. The number of carbonyl (C=O) groups excluding carboxylic acids is 1. The lowest BCUT2D eigenvalue weighted by atomic mass is 9.86. The van der Waals surface area contributed by atoms with Crippen LogP contribution in [0.2, 0.25) is 5.02 Å². The van der Waals surface area contributed by atoms with Crippen molar-refractivity contribution in [1.29, 1.82) is 5.26 Å². The summed E-state index contributed by atoms with van der Waals surface area (Å²) >= 11 is 7.62. The molecule has 3 aromatic rings. The SMILES string of the molecule is CC(C)(CC(=O)Cc1csc(-c2ccc(Cl)cc2-c2cccc(C#N)c2)n1)C(=O)O. The number of aliphatic carboxylic acids is 1. The van der Waals surface area contributed by atoms with Crippen LogP contribution in [-0.2, 0) is 16.0 Å². The zero-order valence-corrected chi connectivity index (χ0v) is 18.0. The number of ketones is 1. The zero-order valence-electron chi connectivity index (χ0n) is 16.5. The molecule has 2 aromatic carbocycles. The van der Waals surface area contributed by atoms with Gasteiger partial charge in [-0.25, -0.2) is 4.98 Å². The number of aromatic nitrogens is 1. The smallest absolute Gasteiger partial charge is 0.309 e. The largest absolute Gasteiger partial charge is 0.481 e. The van der Waals surface area contributed by atoms with Gasteiger partial charge in [-0.15, -0.1) is 11.3 Å². The second kappa shape index (κ2) is 8.78. The summed E-state index contributed by atoms with van der Waals surface area (Å²) in [5.41, 5.74) is 2.59. The Kier molecular flexibility index (Phi) is 6.35. The van der Waals surface area contributed by atoms with Gasteiger partial charge < -0.3 is 5.11 Å². The summed E-state index contributed by atoms with van der Waals surface area (Å²) in [5, 5.41) is 21.5. The van der Waals surface area contributed by atoms with Crippen molar-refractivity contribution in [2.75, 3.05) is 0 Å². The van der Waals surface area contributed by atoms with Crippen molar-refractivity contribution in [3.8, 4) is 27.8 Å². The normalized spacial score (nSPS) is 11.1. The van der Waals surface area contributed by atoms with E-state index in [1.807, 2.05) is 29.6 Å². The number of halogens is 1. The molecule has 152 valence electrons. The summed E-state index contributed by atoms with van der Waals surface area (Å²) in [6.45, 7) is 3.07. The average molecular weight is 439 g/mol. The van der Waals surface area contributed by atoms with Crippen molar-refractivity contribution < 1.29 is 14.7 Å². The summed E-state index contributed by atoms with van der Waals surface area (Å²) in [6, 6.07) is 14.9. The van der Waals surface area contributed by atoms with Gasteiger partial charge in [-0.05, 0) is 55.3 Å². The Labute approximate surface area is 183 Å². The number of rotatable bonds is 7. The molecule has 0 amide bonds. The van der Waals surface area contributed by atoms with Gasteiger partial charge in [0, 0.05) is 28.8 Å². The van der Waals surface area contributed by atoms with E-state index in [9.17, 15) is 20.0 Å². The number of thiazole rings is 1. The van der Waals surface area contributed by atoms with E-state index in [0.29, 0.717) is 16.3 Å². The lowest BCUT2D eigenvalue weighted by molar-refractivity contribution is -0.149. The van der Waals surface area contributed by atoms with E-state index in [0.717, 1.165) is 21.7 Å². The molecule has 0 saturated heterocycles. The Bertz CT molecular complexity index is 1160. The molecule has 3 rings (SSSR count). The second-order valence-electron chi connectivity index (χ2n) is 7.61. The average Bonchev–Trinajstić information content (AvgIpc) is 3.15. The molecule has 0 bridgehead atoms. The van der Waals surface area contributed by atoms with Crippen LogP contribution in [0, 0.1) is 16.7 Å². The number of benzene rings is 2. The lowest BCUT2D eigenvalue weighted by Gasteiger charge is -2.17. The van der Waals surface area contributed by atoms with E-state index in [4.69, 9.17) is 11.6 Å². The molecule has 0 aliphatic heterocycles. The number of nitriles is 1. The number of hydrogen-bond donors (Lipinski definition) is 1. The minimum Gasteiger partial charge on any atom is -0.481 e. The molecule has 0 radical (unpaired) electrons. The first kappa shape index (κ1) is 21.7. The van der Waals surface area contributed by atoms with Crippen LogP contribution in [-0.4, -0.2) is 21.8 Å². The summed E-state index contributed by atoms with van der Waals surface area (Å²) in [4.78, 5) is 28.2. The van der Waals surface area contributed by atoms with Gasteiger partial charge in [-0.2, -0.15) is 5.26 Å². The lowest BCUT2D eigenvalue weighted by Crippen LogP contribution is -2.27. The number of nitrogens with zero attached hydrogens (tertiary/aromatic N) is 2. The molecule has 0 unspecified atom stereocenters. The van der Waals surface area contributed by atoms with E-state index in [2.05, 4.69) is 11.1 Å². The van der Waals surface area contributed by atoms with Crippen LogP contribution in [0.4, 0.5) is 0 Å². The molecule has 0 spiro atoms. The fraction of sp³-hybridized carbons (Fsp3) is 0.217. The van der Waals surface area contributed by atoms with Gasteiger partial charge in [0.1, 0.15) is 10.8 Å². The van der Waals surface area contributed by atoms with Gasteiger partial charge >= 0.3 is 5.97 Å². The van der Waals surface area contributed by atoms with Crippen LogP contribution in [0.25, 0.3) is 21.7 Å². The topological polar surface area (TPSA) is 91.0 Å². The van der Waals surface area contributed by atoms with Crippen LogP contribution in [0.5, 0.6) is 0 Å². The van der Waals surface area contributed by atoms with E-state index in [1.165, 1.54) is 25.2 Å². The highest BCUT2D eigenvalue weighted by atomic mass is 35.5. The Morgan fingerprint density at radius 3 is 2.67 bits per heavy atom. The summed E-state index contributed by atoms with van der Waals surface area (Å²) in [5.74, 6) is -1.17. The molecule has 0 fully saturated rings. The van der Waals surface area contributed by atoms with Crippen molar-refractivity contribution in [3.63, 3.8) is 0 Å². The fourth-order valence-electron chi connectivity index (χ4n) is 3.04. The Morgan fingerprint density at radius 2 is 1.97 bits per heavy atom.